The van der Waals surface area contributed by atoms with E-state index in [4.69, 9.17) is 0 Å². The molecule has 146 valence electrons. The van der Waals surface area contributed by atoms with Gasteiger partial charge in [-0.25, -0.2) is 4.39 Å². The lowest BCUT2D eigenvalue weighted by atomic mass is 10.2. The summed E-state index contributed by atoms with van der Waals surface area (Å²) in [4.78, 5) is 13.3. The number of hydrogen-bond donors (Lipinski definition) is 1. The largest absolute Gasteiger partial charge is 0.351 e. The quantitative estimate of drug-likeness (QED) is 0.428. The third-order valence-corrected chi connectivity index (χ3v) is 5.75. The maximum Gasteiger partial charge on any atom is 0.230 e. The molecular weight excluding hydrogens is 383 g/mol. The average molecular weight is 405 g/mol. The van der Waals surface area contributed by atoms with Crippen LogP contribution < -0.4 is 5.32 Å². The molecule has 0 fully saturated rings. The highest BCUT2D eigenvalue weighted by molar-refractivity contribution is 8.00. The first-order valence-electron chi connectivity index (χ1n) is 9.45. The van der Waals surface area contributed by atoms with Crippen molar-refractivity contribution in [2.75, 3.05) is 5.75 Å². The van der Waals surface area contributed by atoms with Crippen molar-refractivity contribution in [1.29, 1.82) is 0 Å². The van der Waals surface area contributed by atoms with Gasteiger partial charge in [-0.3, -0.25) is 4.79 Å². The van der Waals surface area contributed by atoms with Gasteiger partial charge in [0.05, 0.1) is 5.75 Å². The lowest BCUT2D eigenvalue weighted by Gasteiger charge is -2.05. The normalized spacial score (nSPS) is 10.9. The van der Waals surface area contributed by atoms with Crippen LogP contribution in [0.3, 0.4) is 0 Å². The van der Waals surface area contributed by atoms with Crippen LogP contribution in [0.1, 0.15) is 11.1 Å². The smallest absolute Gasteiger partial charge is 0.230 e. The zero-order valence-electron chi connectivity index (χ0n) is 15.8. The summed E-state index contributed by atoms with van der Waals surface area (Å²) < 4.78 is 15.3. The van der Waals surface area contributed by atoms with E-state index in [2.05, 4.69) is 28.2 Å². The number of carbonyl (C=O) groups is 1. The van der Waals surface area contributed by atoms with Crippen molar-refractivity contribution in [3.05, 3.63) is 102 Å². The highest BCUT2D eigenvalue weighted by atomic mass is 32.2. The molecule has 0 radical (unpaired) electrons. The van der Waals surface area contributed by atoms with Gasteiger partial charge in [-0.15, -0.1) is 11.8 Å². The number of nitrogens with one attached hydrogen (secondary N) is 1. The molecule has 0 aliphatic heterocycles. The third-order valence-electron chi connectivity index (χ3n) is 4.71. The van der Waals surface area contributed by atoms with Crippen molar-refractivity contribution in [3.8, 4) is 0 Å². The molecule has 5 heteroatoms. The summed E-state index contributed by atoms with van der Waals surface area (Å²) in [6.45, 7) is 1.19. The Balaban J connectivity index is 1.44. The van der Waals surface area contributed by atoms with E-state index in [1.807, 2.05) is 42.5 Å². The molecule has 1 aromatic heterocycles. The van der Waals surface area contributed by atoms with Crippen molar-refractivity contribution in [3.63, 3.8) is 0 Å². The van der Waals surface area contributed by atoms with Gasteiger partial charge in [0.1, 0.15) is 5.82 Å². The second-order valence-electron chi connectivity index (χ2n) is 6.82. The molecule has 1 heterocycles. The predicted octanol–water partition coefficient (Wildman–Crippen LogP) is 5.24. The van der Waals surface area contributed by atoms with E-state index < -0.39 is 0 Å². The number of rotatable bonds is 7. The molecule has 1 N–H and O–H groups in total. The molecule has 1 amide bonds. The minimum absolute atomic E-state index is 0.00854. The highest BCUT2D eigenvalue weighted by Crippen LogP contribution is 2.30. The number of halogens is 1. The number of thioether (sulfide) groups is 1. The monoisotopic (exact) mass is 404 g/mol. The average Bonchev–Trinajstić information content (AvgIpc) is 3.11. The summed E-state index contributed by atoms with van der Waals surface area (Å²) in [6, 6.07) is 24.6. The van der Waals surface area contributed by atoms with Crippen LogP contribution in [0, 0.1) is 5.82 Å². The zero-order chi connectivity index (χ0) is 20.1. The Hall–Kier alpha value is -3.05. The molecule has 0 saturated heterocycles. The molecule has 0 aliphatic rings. The lowest BCUT2D eigenvalue weighted by molar-refractivity contribution is -0.118. The van der Waals surface area contributed by atoms with Gasteiger partial charge in [0.2, 0.25) is 5.91 Å². The Labute approximate surface area is 173 Å². The van der Waals surface area contributed by atoms with Crippen LogP contribution in [-0.4, -0.2) is 16.2 Å². The van der Waals surface area contributed by atoms with Gasteiger partial charge in [-0.1, -0.05) is 60.7 Å². The molecule has 0 bridgehead atoms. The van der Waals surface area contributed by atoms with Crippen molar-refractivity contribution >= 4 is 28.6 Å². The van der Waals surface area contributed by atoms with Gasteiger partial charge in [-0.05, 0) is 29.3 Å². The first-order chi connectivity index (χ1) is 14.2. The van der Waals surface area contributed by atoms with Crippen molar-refractivity contribution in [2.24, 2.45) is 0 Å². The molecule has 4 rings (SSSR count). The van der Waals surface area contributed by atoms with Crippen LogP contribution in [0.5, 0.6) is 0 Å². The maximum atomic E-state index is 13.2. The Morgan fingerprint density at radius 2 is 1.62 bits per heavy atom. The molecule has 0 unspecified atom stereocenters. The predicted molar refractivity (Wildman–Crippen MR) is 116 cm³/mol. The van der Waals surface area contributed by atoms with Crippen LogP contribution in [-0.2, 0) is 17.9 Å². The number of carbonyl (C=O) groups excluding carboxylic acids is 1. The maximum absolute atomic E-state index is 13.2. The summed E-state index contributed by atoms with van der Waals surface area (Å²) in [5, 5.41) is 4.09. The minimum Gasteiger partial charge on any atom is -0.351 e. The summed E-state index contributed by atoms with van der Waals surface area (Å²) >= 11 is 1.53. The van der Waals surface area contributed by atoms with E-state index in [9.17, 15) is 9.18 Å². The molecule has 4 aromatic rings. The van der Waals surface area contributed by atoms with Gasteiger partial charge in [0, 0.05) is 35.1 Å². The van der Waals surface area contributed by atoms with E-state index >= 15 is 0 Å². The number of para-hydroxylation sites is 1. The van der Waals surface area contributed by atoms with Crippen LogP contribution in [0.2, 0.25) is 0 Å². The van der Waals surface area contributed by atoms with E-state index in [0.717, 1.165) is 26.9 Å². The first-order valence-corrected chi connectivity index (χ1v) is 10.4. The van der Waals surface area contributed by atoms with Crippen LogP contribution >= 0.6 is 11.8 Å². The van der Waals surface area contributed by atoms with Gasteiger partial charge >= 0.3 is 0 Å². The Kier molecular flexibility index (Phi) is 5.96. The zero-order valence-corrected chi connectivity index (χ0v) is 16.7. The minimum atomic E-state index is -0.233. The van der Waals surface area contributed by atoms with E-state index in [1.54, 1.807) is 12.1 Å². The van der Waals surface area contributed by atoms with Gasteiger partial charge in [0.15, 0.2) is 0 Å². The van der Waals surface area contributed by atoms with E-state index in [-0.39, 0.29) is 11.7 Å². The number of nitrogens with zero attached hydrogens (tertiary/aromatic N) is 1. The van der Waals surface area contributed by atoms with Gasteiger partial charge in [0.25, 0.3) is 0 Å². The van der Waals surface area contributed by atoms with Gasteiger partial charge in [-0.2, -0.15) is 0 Å². The Morgan fingerprint density at radius 1 is 0.897 bits per heavy atom. The number of fused-ring (bicyclic) bond motifs is 1. The fraction of sp³-hybridized carbons (Fsp3) is 0.125. The standard InChI is InChI=1S/C24H21FN2OS/c25-20-12-10-19(11-13-20)15-27-16-23(21-8-4-5-9-22(21)27)29-17-24(28)26-14-18-6-2-1-3-7-18/h1-13,16H,14-15,17H2,(H,26,28). The molecule has 0 atom stereocenters. The summed E-state index contributed by atoms with van der Waals surface area (Å²) in [7, 11) is 0. The summed E-state index contributed by atoms with van der Waals surface area (Å²) in [6.07, 6.45) is 2.07. The molecule has 3 nitrogen and oxygen atoms in total. The van der Waals surface area contributed by atoms with Crippen molar-refractivity contribution in [2.45, 2.75) is 18.0 Å². The molecule has 0 spiro atoms. The number of hydrogen-bond acceptors (Lipinski definition) is 2. The second kappa shape index (κ2) is 8.97. The first kappa shape index (κ1) is 19.3. The van der Waals surface area contributed by atoms with Crippen molar-refractivity contribution in [1.82, 2.24) is 9.88 Å². The fourth-order valence-corrected chi connectivity index (χ4v) is 4.15. The van der Waals surface area contributed by atoms with Gasteiger partial charge < -0.3 is 9.88 Å². The number of benzene rings is 3. The summed E-state index contributed by atoms with van der Waals surface area (Å²) in [5.41, 5.74) is 3.22. The fourth-order valence-electron chi connectivity index (χ4n) is 3.24. The molecule has 0 saturated carbocycles. The molecule has 0 aliphatic carbocycles. The van der Waals surface area contributed by atoms with Crippen molar-refractivity contribution < 1.29 is 9.18 Å². The number of amides is 1. The van der Waals surface area contributed by atoms with E-state index in [0.29, 0.717) is 18.8 Å². The van der Waals surface area contributed by atoms with Crippen LogP contribution in [0.15, 0.2) is 90.0 Å². The Bertz CT molecular complexity index is 1110. The number of aromatic nitrogens is 1. The molecular formula is C24H21FN2OS. The second-order valence-corrected chi connectivity index (χ2v) is 7.83. The lowest BCUT2D eigenvalue weighted by Crippen LogP contribution is -2.24. The highest BCUT2D eigenvalue weighted by Gasteiger charge is 2.11. The molecule has 3 aromatic carbocycles. The topological polar surface area (TPSA) is 34.0 Å². The van der Waals surface area contributed by atoms with E-state index in [1.165, 1.54) is 23.9 Å². The van der Waals surface area contributed by atoms with Crippen LogP contribution in [0.25, 0.3) is 10.9 Å². The van der Waals surface area contributed by atoms with Crippen LogP contribution in [0.4, 0.5) is 4.39 Å². The summed E-state index contributed by atoms with van der Waals surface area (Å²) in [5.74, 6) is 0.135. The Morgan fingerprint density at radius 3 is 2.41 bits per heavy atom. The third kappa shape index (κ3) is 4.87. The SMILES string of the molecule is O=C(CSc1cn(Cc2ccc(F)cc2)c2ccccc12)NCc1ccccc1. The molecule has 29 heavy (non-hydrogen) atoms.